The average Bonchev–Trinajstić information content (AvgIpc) is 2.97. The minimum absolute atomic E-state index is 0.0214. The SMILES string of the molecule is CCn1ncc(C(C#N)c2nc3ccccc3n2CC)c(Cl)c1=O. The van der Waals surface area contributed by atoms with E-state index in [1.54, 1.807) is 0 Å². The van der Waals surface area contributed by atoms with E-state index in [1.807, 2.05) is 42.7 Å². The molecule has 1 aromatic carbocycles. The monoisotopic (exact) mass is 341 g/mol. The molecule has 0 bridgehead atoms. The van der Waals surface area contributed by atoms with Crippen molar-refractivity contribution in [2.45, 2.75) is 32.9 Å². The van der Waals surface area contributed by atoms with Crippen LogP contribution in [0.5, 0.6) is 0 Å². The van der Waals surface area contributed by atoms with Crippen molar-refractivity contribution in [1.29, 1.82) is 5.26 Å². The number of benzene rings is 1. The van der Waals surface area contributed by atoms with Crippen molar-refractivity contribution >= 4 is 22.6 Å². The molecular weight excluding hydrogens is 326 g/mol. The molecule has 6 nitrogen and oxygen atoms in total. The lowest BCUT2D eigenvalue weighted by atomic mass is 10.0. The topological polar surface area (TPSA) is 76.5 Å². The first-order valence-corrected chi connectivity index (χ1v) is 8.10. The summed E-state index contributed by atoms with van der Waals surface area (Å²) in [5.41, 5.74) is 1.75. The first kappa shape index (κ1) is 16.2. The highest BCUT2D eigenvalue weighted by Crippen LogP contribution is 2.29. The molecular formula is C17H16ClN5O. The Morgan fingerprint density at radius 1 is 1.29 bits per heavy atom. The summed E-state index contributed by atoms with van der Waals surface area (Å²) in [7, 11) is 0. The van der Waals surface area contributed by atoms with E-state index in [9.17, 15) is 10.1 Å². The number of hydrogen-bond acceptors (Lipinski definition) is 4. The number of halogens is 1. The molecule has 0 aliphatic heterocycles. The molecule has 0 fully saturated rings. The lowest BCUT2D eigenvalue weighted by molar-refractivity contribution is 0.608. The molecule has 7 heteroatoms. The predicted octanol–water partition coefficient (Wildman–Crippen LogP) is 2.94. The van der Waals surface area contributed by atoms with Gasteiger partial charge < -0.3 is 4.57 Å². The largest absolute Gasteiger partial charge is 0.327 e. The Morgan fingerprint density at radius 2 is 2.04 bits per heavy atom. The van der Waals surface area contributed by atoms with Crippen molar-refractivity contribution in [3.8, 4) is 6.07 Å². The molecule has 24 heavy (non-hydrogen) atoms. The van der Waals surface area contributed by atoms with Gasteiger partial charge in [0, 0.05) is 18.7 Å². The van der Waals surface area contributed by atoms with Crippen molar-refractivity contribution in [2.75, 3.05) is 0 Å². The van der Waals surface area contributed by atoms with Crippen LogP contribution >= 0.6 is 11.6 Å². The van der Waals surface area contributed by atoms with Gasteiger partial charge in [-0.25, -0.2) is 9.67 Å². The van der Waals surface area contributed by atoms with E-state index in [1.165, 1.54) is 10.9 Å². The lowest BCUT2D eigenvalue weighted by Gasteiger charge is -2.13. The average molecular weight is 342 g/mol. The smallest absolute Gasteiger partial charge is 0.285 e. The van der Waals surface area contributed by atoms with Gasteiger partial charge in [-0.3, -0.25) is 4.79 Å². The van der Waals surface area contributed by atoms with Crippen molar-refractivity contribution in [3.05, 3.63) is 57.2 Å². The molecule has 0 saturated heterocycles. The van der Waals surface area contributed by atoms with E-state index in [2.05, 4.69) is 16.2 Å². The zero-order chi connectivity index (χ0) is 17.3. The van der Waals surface area contributed by atoms with Crippen LogP contribution in [0.1, 0.15) is 31.2 Å². The van der Waals surface area contributed by atoms with Crippen LogP contribution in [0, 0.1) is 11.3 Å². The van der Waals surface area contributed by atoms with Gasteiger partial charge in [-0.05, 0) is 26.0 Å². The van der Waals surface area contributed by atoms with Crippen molar-refractivity contribution < 1.29 is 0 Å². The molecule has 0 N–H and O–H groups in total. The van der Waals surface area contributed by atoms with E-state index in [-0.39, 0.29) is 5.02 Å². The van der Waals surface area contributed by atoms with Gasteiger partial charge in [0.25, 0.3) is 5.56 Å². The van der Waals surface area contributed by atoms with E-state index in [4.69, 9.17) is 11.6 Å². The van der Waals surface area contributed by atoms with Gasteiger partial charge in [0.05, 0.1) is 23.3 Å². The summed E-state index contributed by atoms with van der Waals surface area (Å²) in [6.45, 7) is 4.87. The summed E-state index contributed by atoms with van der Waals surface area (Å²) >= 11 is 6.23. The number of nitrogens with zero attached hydrogens (tertiary/aromatic N) is 5. The quantitative estimate of drug-likeness (QED) is 0.731. The summed E-state index contributed by atoms with van der Waals surface area (Å²) < 4.78 is 3.23. The molecule has 3 aromatic rings. The third kappa shape index (κ3) is 2.47. The normalized spacial score (nSPS) is 12.2. The second kappa shape index (κ2) is 6.46. The lowest BCUT2D eigenvalue weighted by Crippen LogP contribution is -2.24. The summed E-state index contributed by atoms with van der Waals surface area (Å²) in [5, 5.41) is 13.8. The molecule has 0 radical (unpaired) electrons. The minimum Gasteiger partial charge on any atom is -0.327 e. The van der Waals surface area contributed by atoms with Gasteiger partial charge in [0.15, 0.2) is 0 Å². The Morgan fingerprint density at radius 3 is 2.71 bits per heavy atom. The molecule has 0 amide bonds. The van der Waals surface area contributed by atoms with Crippen molar-refractivity contribution in [3.63, 3.8) is 0 Å². The highest BCUT2D eigenvalue weighted by Gasteiger charge is 2.25. The zero-order valence-electron chi connectivity index (χ0n) is 13.4. The molecule has 0 aliphatic carbocycles. The predicted molar refractivity (Wildman–Crippen MR) is 92.0 cm³/mol. The van der Waals surface area contributed by atoms with Crippen molar-refractivity contribution in [1.82, 2.24) is 19.3 Å². The second-order valence-electron chi connectivity index (χ2n) is 5.30. The number of hydrogen-bond donors (Lipinski definition) is 0. The molecule has 0 aliphatic rings. The van der Waals surface area contributed by atoms with E-state index >= 15 is 0 Å². The van der Waals surface area contributed by atoms with Gasteiger partial charge in [0.1, 0.15) is 16.8 Å². The van der Waals surface area contributed by atoms with E-state index in [0.717, 1.165) is 11.0 Å². The zero-order valence-corrected chi connectivity index (χ0v) is 14.2. The number of aryl methyl sites for hydroxylation is 2. The maximum atomic E-state index is 12.2. The molecule has 0 spiro atoms. The minimum atomic E-state index is -0.753. The van der Waals surface area contributed by atoms with Crippen LogP contribution in [0.3, 0.4) is 0 Å². The number of aromatic nitrogens is 4. The summed E-state index contributed by atoms with van der Waals surface area (Å²) in [6.07, 6.45) is 1.49. The van der Waals surface area contributed by atoms with Crippen LogP contribution in [0.15, 0.2) is 35.3 Å². The van der Waals surface area contributed by atoms with E-state index < -0.39 is 11.5 Å². The van der Waals surface area contributed by atoms with Crippen molar-refractivity contribution in [2.24, 2.45) is 0 Å². The first-order chi connectivity index (χ1) is 11.6. The molecule has 0 saturated carbocycles. The molecule has 2 heterocycles. The maximum absolute atomic E-state index is 12.2. The Balaban J connectivity index is 2.23. The van der Waals surface area contributed by atoms with Crippen LogP contribution in [0.2, 0.25) is 5.02 Å². The van der Waals surface area contributed by atoms with Gasteiger partial charge in [0.2, 0.25) is 0 Å². The molecule has 1 unspecified atom stereocenters. The Labute approximate surface area is 143 Å². The number of nitriles is 1. The molecule has 1 atom stereocenters. The van der Waals surface area contributed by atoms with Gasteiger partial charge >= 0.3 is 0 Å². The standard InChI is InChI=1S/C17H16ClN5O/c1-3-22-14-8-6-5-7-13(14)21-16(22)11(9-19)12-10-20-23(4-2)17(24)15(12)18/h5-8,10-11H,3-4H2,1-2H3. The van der Waals surface area contributed by atoms with Crippen LogP contribution in [0.4, 0.5) is 0 Å². The summed E-state index contributed by atoms with van der Waals surface area (Å²) in [6, 6.07) is 9.90. The molecule has 3 rings (SSSR count). The number of rotatable bonds is 4. The van der Waals surface area contributed by atoms with Gasteiger partial charge in [-0.2, -0.15) is 10.4 Å². The fraction of sp³-hybridized carbons (Fsp3) is 0.294. The maximum Gasteiger partial charge on any atom is 0.285 e. The third-order valence-corrected chi connectivity index (χ3v) is 4.39. The highest BCUT2D eigenvalue weighted by molar-refractivity contribution is 6.31. The Kier molecular flexibility index (Phi) is 4.36. The Bertz CT molecular complexity index is 998. The van der Waals surface area contributed by atoms with Gasteiger partial charge in [-0.1, -0.05) is 23.7 Å². The van der Waals surface area contributed by atoms with E-state index in [0.29, 0.717) is 24.5 Å². The Hall–Kier alpha value is -2.65. The first-order valence-electron chi connectivity index (χ1n) is 7.72. The molecule has 2 aromatic heterocycles. The highest BCUT2D eigenvalue weighted by atomic mass is 35.5. The second-order valence-corrected chi connectivity index (χ2v) is 5.68. The third-order valence-electron chi connectivity index (χ3n) is 4.01. The number of fused-ring (bicyclic) bond motifs is 1. The fourth-order valence-electron chi connectivity index (χ4n) is 2.82. The number of imidazole rings is 1. The molecule has 122 valence electrons. The van der Waals surface area contributed by atoms with Crippen LogP contribution in [-0.2, 0) is 13.1 Å². The van der Waals surface area contributed by atoms with Crippen LogP contribution in [0.25, 0.3) is 11.0 Å². The van der Waals surface area contributed by atoms with Crippen LogP contribution < -0.4 is 5.56 Å². The summed E-state index contributed by atoms with van der Waals surface area (Å²) in [5.74, 6) is -0.185. The number of para-hydroxylation sites is 2. The van der Waals surface area contributed by atoms with Gasteiger partial charge in [-0.15, -0.1) is 0 Å². The fourth-order valence-corrected chi connectivity index (χ4v) is 3.07. The van der Waals surface area contributed by atoms with Crippen LogP contribution in [-0.4, -0.2) is 19.3 Å². The summed E-state index contributed by atoms with van der Waals surface area (Å²) in [4.78, 5) is 16.8.